The van der Waals surface area contributed by atoms with Gasteiger partial charge in [-0.15, -0.1) is 0 Å². The summed E-state index contributed by atoms with van der Waals surface area (Å²) in [6.07, 6.45) is 0. The van der Waals surface area contributed by atoms with E-state index in [0.29, 0.717) is 0 Å². The van der Waals surface area contributed by atoms with Gasteiger partial charge in [0.2, 0.25) is 0 Å². The normalized spacial score (nSPS) is 12.2. The summed E-state index contributed by atoms with van der Waals surface area (Å²) >= 11 is 9.95. The lowest BCUT2D eigenvalue weighted by Gasteiger charge is -2.28. The van der Waals surface area contributed by atoms with Gasteiger partial charge in [-0.2, -0.15) is 0 Å². The van der Waals surface area contributed by atoms with Crippen LogP contribution in [0.25, 0.3) is 0 Å². The molecule has 0 saturated carbocycles. The molecule has 0 saturated heterocycles. The van der Waals surface area contributed by atoms with Crippen molar-refractivity contribution in [2.45, 2.75) is 19.5 Å². The summed E-state index contributed by atoms with van der Waals surface area (Å²) in [4.78, 5) is 2.23. The van der Waals surface area contributed by atoms with Crippen LogP contribution in [-0.4, -0.2) is 14.1 Å². The van der Waals surface area contributed by atoms with Gasteiger partial charge in [0.05, 0.1) is 6.04 Å². The van der Waals surface area contributed by atoms with Gasteiger partial charge in [0.1, 0.15) is 0 Å². The van der Waals surface area contributed by atoms with Crippen molar-refractivity contribution in [3.8, 4) is 0 Å². The molecule has 112 valence electrons. The van der Waals surface area contributed by atoms with Crippen LogP contribution in [0.3, 0.4) is 0 Å². The van der Waals surface area contributed by atoms with Gasteiger partial charge in [0.25, 0.3) is 0 Å². The highest BCUT2D eigenvalue weighted by atomic mass is 79.9. The molecule has 0 bridgehead atoms. The van der Waals surface area contributed by atoms with E-state index in [0.717, 1.165) is 27.3 Å². The second-order valence-corrected chi connectivity index (χ2v) is 6.38. The highest BCUT2D eigenvalue weighted by molar-refractivity contribution is 9.10. The lowest BCUT2D eigenvalue weighted by atomic mass is 10.1. The van der Waals surface area contributed by atoms with E-state index in [9.17, 15) is 0 Å². The Bertz CT molecular complexity index is 615. The summed E-state index contributed by atoms with van der Waals surface area (Å²) in [5.74, 6) is 0. The molecule has 1 unspecified atom stereocenters. The van der Waals surface area contributed by atoms with E-state index in [-0.39, 0.29) is 6.04 Å². The van der Waals surface area contributed by atoms with Crippen molar-refractivity contribution in [3.63, 3.8) is 0 Å². The minimum absolute atomic E-state index is 0.209. The minimum Gasteiger partial charge on any atom is -0.368 e. The van der Waals surface area contributed by atoms with E-state index in [1.807, 2.05) is 25.2 Å². The molecular formula is C17H20BrClN2. The molecule has 21 heavy (non-hydrogen) atoms. The van der Waals surface area contributed by atoms with Crippen LogP contribution in [-0.2, 0) is 6.54 Å². The Kier molecular flexibility index (Phi) is 5.68. The van der Waals surface area contributed by atoms with Crippen molar-refractivity contribution >= 4 is 33.2 Å². The van der Waals surface area contributed by atoms with Gasteiger partial charge >= 0.3 is 0 Å². The standard InChI is InChI=1S/C17H20BrClN2/c1-12(15-6-4-5-7-17(15)19)21(3)14-9-8-13(11-20-2)16(18)10-14/h4-10,12,20H,11H2,1-3H3. The average Bonchev–Trinajstić information content (AvgIpc) is 2.48. The van der Waals surface area contributed by atoms with Crippen LogP contribution < -0.4 is 10.2 Å². The molecule has 0 aliphatic rings. The van der Waals surface area contributed by atoms with E-state index in [4.69, 9.17) is 11.6 Å². The summed E-state index contributed by atoms with van der Waals surface area (Å²) in [6.45, 7) is 3.02. The van der Waals surface area contributed by atoms with Crippen molar-refractivity contribution in [2.75, 3.05) is 19.0 Å². The van der Waals surface area contributed by atoms with Crippen LogP contribution >= 0.6 is 27.5 Å². The van der Waals surface area contributed by atoms with Gasteiger partial charge in [0.15, 0.2) is 0 Å². The fourth-order valence-electron chi connectivity index (χ4n) is 2.34. The zero-order valence-corrected chi connectivity index (χ0v) is 14.9. The molecule has 1 N–H and O–H groups in total. The predicted octanol–water partition coefficient (Wildman–Crippen LogP) is 5.02. The van der Waals surface area contributed by atoms with E-state index in [1.165, 1.54) is 5.56 Å². The van der Waals surface area contributed by atoms with Crippen LogP contribution in [0.1, 0.15) is 24.1 Å². The Morgan fingerprint density at radius 3 is 2.57 bits per heavy atom. The Hall–Kier alpha value is -1.03. The summed E-state index contributed by atoms with van der Waals surface area (Å²) in [6, 6.07) is 14.7. The van der Waals surface area contributed by atoms with E-state index in [1.54, 1.807) is 0 Å². The maximum Gasteiger partial charge on any atom is 0.0525 e. The van der Waals surface area contributed by atoms with Crippen molar-refractivity contribution in [1.82, 2.24) is 5.32 Å². The highest BCUT2D eigenvalue weighted by Gasteiger charge is 2.15. The molecule has 2 aromatic carbocycles. The SMILES string of the molecule is CNCc1ccc(N(C)C(C)c2ccccc2Cl)cc1Br. The molecule has 0 amide bonds. The Labute approximate surface area is 140 Å². The summed E-state index contributed by atoms with van der Waals surface area (Å²) in [5.41, 5.74) is 3.55. The largest absolute Gasteiger partial charge is 0.368 e. The van der Waals surface area contributed by atoms with Crippen LogP contribution in [0.5, 0.6) is 0 Å². The van der Waals surface area contributed by atoms with Gasteiger partial charge in [-0.1, -0.05) is 51.8 Å². The van der Waals surface area contributed by atoms with Gasteiger partial charge in [-0.05, 0) is 43.3 Å². The van der Waals surface area contributed by atoms with Gasteiger partial charge in [0, 0.05) is 28.8 Å². The molecule has 2 nitrogen and oxygen atoms in total. The second kappa shape index (κ2) is 7.30. The fraction of sp³-hybridized carbons (Fsp3) is 0.294. The molecule has 1 atom stereocenters. The molecule has 2 aromatic rings. The maximum atomic E-state index is 6.30. The zero-order valence-electron chi connectivity index (χ0n) is 12.5. The molecule has 0 aromatic heterocycles. The summed E-state index contributed by atoms with van der Waals surface area (Å²) in [5, 5.41) is 3.98. The van der Waals surface area contributed by atoms with Crippen molar-refractivity contribution in [1.29, 1.82) is 0 Å². The number of nitrogens with zero attached hydrogens (tertiary/aromatic N) is 1. The quantitative estimate of drug-likeness (QED) is 0.798. The number of anilines is 1. The summed E-state index contributed by atoms with van der Waals surface area (Å²) < 4.78 is 1.12. The first-order chi connectivity index (χ1) is 10.0. The van der Waals surface area contributed by atoms with Crippen molar-refractivity contribution in [3.05, 3.63) is 63.1 Å². The third kappa shape index (κ3) is 3.79. The van der Waals surface area contributed by atoms with Gasteiger partial charge in [-0.3, -0.25) is 0 Å². The zero-order chi connectivity index (χ0) is 15.4. The molecule has 0 fully saturated rings. The Morgan fingerprint density at radius 2 is 1.95 bits per heavy atom. The Morgan fingerprint density at radius 1 is 1.24 bits per heavy atom. The molecule has 0 radical (unpaired) electrons. The van der Waals surface area contributed by atoms with E-state index >= 15 is 0 Å². The minimum atomic E-state index is 0.209. The molecule has 2 rings (SSSR count). The lowest BCUT2D eigenvalue weighted by Crippen LogP contribution is -2.22. The van der Waals surface area contributed by atoms with Crippen molar-refractivity contribution < 1.29 is 0 Å². The number of hydrogen-bond donors (Lipinski definition) is 1. The first-order valence-electron chi connectivity index (χ1n) is 6.95. The van der Waals surface area contributed by atoms with E-state index in [2.05, 4.69) is 64.4 Å². The first-order valence-corrected chi connectivity index (χ1v) is 8.12. The highest BCUT2D eigenvalue weighted by Crippen LogP contribution is 2.32. The monoisotopic (exact) mass is 366 g/mol. The number of benzene rings is 2. The number of rotatable bonds is 5. The van der Waals surface area contributed by atoms with Crippen molar-refractivity contribution in [2.24, 2.45) is 0 Å². The van der Waals surface area contributed by atoms with Crippen LogP contribution in [0, 0.1) is 0 Å². The second-order valence-electron chi connectivity index (χ2n) is 5.11. The first kappa shape index (κ1) is 16.3. The number of nitrogens with one attached hydrogen (secondary N) is 1. The molecule has 0 aliphatic heterocycles. The predicted molar refractivity (Wildman–Crippen MR) is 95.2 cm³/mol. The topological polar surface area (TPSA) is 15.3 Å². The smallest absolute Gasteiger partial charge is 0.0525 e. The molecule has 0 aliphatic carbocycles. The third-order valence-electron chi connectivity index (χ3n) is 3.75. The third-order valence-corrected chi connectivity index (χ3v) is 4.83. The lowest BCUT2D eigenvalue weighted by molar-refractivity contribution is 0.739. The van der Waals surface area contributed by atoms with Crippen LogP contribution in [0.15, 0.2) is 46.9 Å². The average molecular weight is 368 g/mol. The molecule has 4 heteroatoms. The van der Waals surface area contributed by atoms with E-state index < -0.39 is 0 Å². The number of hydrogen-bond acceptors (Lipinski definition) is 2. The van der Waals surface area contributed by atoms with Gasteiger partial charge < -0.3 is 10.2 Å². The molecule has 0 spiro atoms. The van der Waals surface area contributed by atoms with Crippen LogP contribution in [0.4, 0.5) is 5.69 Å². The molecule has 0 heterocycles. The van der Waals surface area contributed by atoms with Crippen LogP contribution in [0.2, 0.25) is 5.02 Å². The Balaban J connectivity index is 2.25. The molecular weight excluding hydrogens is 348 g/mol. The summed E-state index contributed by atoms with van der Waals surface area (Å²) in [7, 11) is 4.04. The fourth-order valence-corrected chi connectivity index (χ4v) is 3.14. The van der Waals surface area contributed by atoms with Gasteiger partial charge in [-0.25, -0.2) is 0 Å². The number of halogens is 2. The maximum absolute atomic E-state index is 6.30.